The molecule has 4 aliphatic rings. The predicted octanol–water partition coefficient (Wildman–Crippen LogP) is 2.78. The molecule has 4 amide bonds. The number of ether oxygens (including phenoxy) is 1. The van der Waals surface area contributed by atoms with E-state index >= 15 is 0 Å². The number of anilines is 1. The molecule has 9 heteroatoms. The average Bonchev–Trinajstić information content (AvgIpc) is 3.57. The highest BCUT2D eigenvalue weighted by Gasteiger charge is 2.57. The van der Waals surface area contributed by atoms with Gasteiger partial charge in [0.1, 0.15) is 5.60 Å². The first-order valence-electron chi connectivity index (χ1n) is 10.6. The lowest BCUT2D eigenvalue weighted by atomic mass is 9.83. The van der Waals surface area contributed by atoms with Gasteiger partial charge in [-0.3, -0.25) is 9.69 Å². The van der Waals surface area contributed by atoms with Crippen molar-refractivity contribution >= 4 is 35.3 Å². The molecule has 1 spiro atoms. The monoisotopic (exact) mass is 432 g/mol. The van der Waals surface area contributed by atoms with Crippen molar-refractivity contribution in [2.24, 2.45) is 5.92 Å². The molecule has 3 heterocycles. The second-order valence-electron chi connectivity index (χ2n) is 8.62. The van der Waals surface area contributed by atoms with Crippen LogP contribution in [0.5, 0.6) is 0 Å². The Morgan fingerprint density at radius 3 is 2.40 bits per heavy atom. The summed E-state index contributed by atoms with van der Waals surface area (Å²) in [5.41, 5.74) is 0.0450. The minimum absolute atomic E-state index is 0.187. The molecule has 4 fully saturated rings. The maximum absolute atomic E-state index is 12.8. The number of nitrogens with one attached hydrogen (secondary N) is 1. The molecule has 1 atom stereocenters. The first-order chi connectivity index (χ1) is 14.4. The van der Waals surface area contributed by atoms with Gasteiger partial charge in [-0.2, -0.15) is 0 Å². The van der Waals surface area contributed by atoms with E-state index in [2.05, 4.69) is 5.32 Å². The molecule has 1 N–H and O–H groups in total. The van der Waals surface area contributed by atoms with Gasteiger partial charge in [0, 0.05) is 62.2 Å². The molecular weight excluding hydrogens is 408 g/mol. The highest BCUT2D eigenvalue weighted by atomic mass is 35.5. The van der Waals surface area contributed by atoms with Gasteiger partial charge in [0.25, 0.3) is 0 Å². The number of amides is 4. The summed E-state index contributed by atoms with van der Waals surface area (Å²) in [5.74, 6) is 0.432. The van der Waals surface area contributed by atoms with Gasteiger partial charge in [0.05, 0.1) is 6.04 Å². The minimum atomic E-state index is -0.628. The number of urea groups is 1. The number of likely N-dealkylation sites (tertiary alicyclic amines) is 1. The number of piperidine rings is 1. The van der Waals surface area contributed by atoms with E-state index in [0.717, 1.165) is 12.8 Å². The molecule has 160 valence electrons. The third-order valence-electron chi connectivity index (χ3n) is 6.74. The first kappa shape index (κ1) is 19.5. The van der Waals surface area contributed by atoms with Crippen molar-refractivity contribution in [3.05, 3.63) is 29.3 Å². The summed E-state index contributed by atoms with van der Waals surface area (Å²) < 4.78 is 5.88. The molecule has 30 heavy (non-hydrogen) atoms. The number of hydrogen-bond donors (Lipinski definition) is 1. The van der Waals surface area contributed by atoms with E-state index in [9.17, 15) is 14.4 Å². The number of benzene rings is 1. The van der Waals surface area contributed by atoms with Gasteiger partial charge in [-0.25, -0.2) is 9.59 Å². The van der Waals surface area contributed by atoms with Gasteiger partial charge in [-0.15, -0.1) is 0 Å². The Hall–Kier alpha value is -2.48. The predicted molar refractivity (Wildman–Crippen MR) is 110 cm³/mol. The van der Waals surface area contributed by atoms with E-state index in [1.807, 2.05) is 4.90 Å². The summed E-state index contributed by atoms with van der Waals surface area (Å²) in [4.78, 5) is 43.1. The van der Waals surface area contributed by atoms with E-state index in [1.165, 1.54) is 0 Å². The fourth-order valence-electron chi connectivity index (χ4n) is 4.80. The fraction of sp³-hybridized carbons (Fsp3) is 0.571. The normalized spacial score (nSPS) is 25.2. The molecule has 1 aromatic rings. The molecular formula is C21H25ClN4O4. The van der Waals surface area contributed by atoms with Crippen molar-refractivity contribution in [2.45, 2.75) is 37.3 Å². The van der Waals surface area contributed by atoms with Crippen molar-refractivity contribution < 1.29 is 19.1 Å². The molecule has 1 saturated carbocycles. The molecule has 0 aromatic heterocycles. The molecule has 0 radical (unpaired) electrons. The van der Waals surface area contributed by atoms with Crippen molar-refractivity contribution in [2.75, 3.05) is 38.0 Å². The van der Waals surface area contributed by atoms with E-state index in [-0.39, 0.29) is 30.0 Å². The zero-order valence-electron chi connectivity index (χ0n) is 16.7. The van der Waals surface area contributed by atoms with E-state index in [4.69, 9.17) is 16.3 Å². The summed E-state index contributed by atoms with van der Waals surface area (Å²) in [6.07, 6.45) is 2.91. The quantitative estimate of drug-likeness (QED) is 0.779. The number of nitrogens with zero attached hydrogens (tertiary/aromatic N) is 3. The molecule has 5 rings (SSSR count). The van der Waals surface area contributed by atoms with E-state index < -0.39 is 5.60 Å². The van der Waals surface area contributed by atoms with Gasteiger partial charge in [0.15, 0.2) is 0 Å². The molecule has 1 unspecified atom stereocenters. The number of hydrogen-bond acceptors (Lipinski definition) is 4. The third kappa shape index (κ3) is 3.47. The molecule has 1 aliphatic carbocycles. The van der Waals surface area contributed by atoms with Crippen molar-refractivity contribution in [3.63, 3.8) is 0 Å². The number of carbonyl (C=O) groups excluding carboxylic acids is 3. The van der Waals surface area contributed by atoms with Crippen LogP contribution in [0, 0.1) is 5.92 Å². The lowest BCUT2D eigenvalue weighted by molar-refractivity contribution is -0.136. The van der Waals surface area contributed by atoms with E-state index in [0.29, 0.717) is 56.3 Å². The minimum Gasteiger partial charge on any atom is -0.440 e. The average molecular weight is 433 g/mol. The van der Waals surface area contributed by atoms with Crippen molar-refractivity contribution in [3.8, 4) is 0 Å². The van der Waals surface area contributed by atoms with Gasteiger partial charge in [0.2, 0.25) is 5.91 Å². The van der Waals surface area contributed by atoms with E-state index in [1.54, 1.807) is 34.1 Å². The Labute approximate surface area is 180 Å². The Balaban J connectivity index is 1.26. The van der Waals surface area contributed by atoms with Crippen LogP contribution in [0.3, 0.4) is 0 Å². The SMILES string of the molecule is O=C(Nc1ccc(Cl)cc1)N1CCN2C(=O)OC3(CCN(C(=O)C4CC4)CC3)C2C1. The zero-order valence-corrected chi connectivity index (χ0v) is 17.4. The molecule has 8 nitrogen and oxygen atoms in total. The Bertz CT molecular complexity index is 864. The van der Waals surface area contributed by atoms with Gasteiger partial charge >= 0.3 is 12.1 Å². The van der Waals surface area contributed by atoms with Crippen LogP contribution >= 0.6 is 11.6 Å². The Morgan fingerprint density at radius 2 is 1.73 bits per heavy atom. The molecule has 0 bridgehead atoms. The maximum atomic E-state index is 12.8. The lowest BCUT2D eigenvalue weighted by Crippen LogP contribution is -2.62. The van der Waals surface area contributed by atoms with Crippen LogP contribution in [-0.2, 0) is 9.53 Å². The molecule has 3 saturated heterocycles. The Kier molecular flexibility index (Phi) is 4.76. The summed E-state index contributed by atoms with van der Waals surface area (Å²) in [6.45, 7) is 2.52. The second kappa shape index (κ2) is 7.34. The smallest absolute Gasteiger partial charge is 0.410 e. The number of rotatable bonds is 2. The summed E-state index contributed by atoms with van der Waals surface area (Å²) in [6, 6.07) is 6.58. The third-order valence-corrected chi connectivity index (χ3v) is 7.00. The number of piperazine rings is 1. The van der Waals surface area contributed by atoms with Crippen LogP contribution < -0.4 is 5.32 Å². The zero-order chi connectivity index (χ0) is 20.9. The summed E-state index contributed by atoms with van der Waals surface area (Å²) >= 11 is 5.91. The van der Waals surface area contributed by atoms with Crippen LogP contribution in [0.15, 0.2) is 24.3 Å². The van der Waals surface area contributed by atoms with Crippen LogP contribution in [0.2, 0.25) is 5.02 Å². The fourth-order valence-corrected chi connectivity index (χ4v) is 4.93. The maximum Gasteiger partial charge on any atom is 0.410 e. The highest BCUT2D eigenvalue weighted by molar-refractivity contribution is 6.30. The summed E-state index contributed by atoms with van der Waals surface area (Å²) in [7, 11) is 0. The van der Waals surface area contributed by atoms with Crippen LogP contribution in [0.25, 0.3) is 0 Å². The topological polar surface area (TPSA) is 82.2 Å². The largest absolute Gasteiger partial charge is 0.440 e. The van der Waals surface area contributed by atoms with Crippen LogP contribution in [0.4, 0.5) is 15.3 Å². The van der Waals surface area contributed by atoms with Gasteiger partial charge in [-0.05, 0) is 37.1 Å². The number of carbonyl (C=O) groups is 3. The Morgan fingerprint density at radius 1 is 1.03 bits per heavy atom. The lowest BCUT2D eigenvalue weighted by Gasteiger charge is -2.45. The second-order valence-corrected chi connectivity index (χ2v) is 9.06. The summed E-state index contributed by atoms with van der Waals surface area (Å²) in [5, 5.41) is 3.50. The number of halogens is 1. The van der Waals surface area contributed by atoms with Crippen molar-refractivity contribution in [1.82, 2.24) is 14.7 Å². The highest BCUT2D eigenvalue weighted by Crippen LogP contribution is 2.41. The molecule has 1 aromatic carbocycles. The van der Waals surface area contributed by atoms with Crippen LogP contribution in [-0.4, -0.2) is 77.1 Å². The number of fused-ring (bicyclic) bond motifs is 2. The van der Waals surface area contributed by atoms with Crippen LogP contribution in [0.1, 0.15) is 25.7 Å². The van der Waals surface area contributed by atoms with Gasteiger partial charge in [-0.1, -0.05) is 11.6 Å². The van der Waals surface area contributed by atoms with Crippen molar-refractivity contribution in [1.29, 1.82) is 0 Å². The van der Waals surface area contributed by atoms with Gasteiger partial charge < -0.3 is 19.9 Å². The molecule has 3 aliphatic heterocycles. The standard InChI is InChI=1S/C21H25ClN4O4/c22-15-3-5-16(6-4-15)23-19(28)25-11-12-26-17(13-25)21(30-20(26)29)7-9-24(10-8-21)18(27)14-1-2-14/h3-6,14,17H,1-2,7-13H2,(H,23,28). The first-order valence-corrected chi connectivity index (χ1v) is 10.9.